The van der Waals surface area contributed by atoms with Gasteiger partial charge in [-0.15, -0.1) is 0 Å². The molecular formula is C23H19FN2O4S2. The fourth-order valence-electron chi connectivity index (χ4n) is 3.20. The van der Waals surface area contributed by atoms with Crippen LogP contribution in [0.2, 0.25) is 0 Å². The molecule has 3 aromatic rings. The standard InChI is InChI=1S/C23H19FN2O4S2/c24-16-6-8-17(9-7-16)30-21-10-5-15(12-25-21)13-26-14-18(11-22(26)27)31-32-20-4-2-1-3-19(20)23(28)29/h1-10,12,18H,11,13-14H2,(H,28,29)/t18-/m1/s1. The summed E-state index contributed by atoms with van der Waals surface area (Å²) < 4.78 is 18.6. The summed E-state index contributed by atoms with van der Waals surface area (Å²) in [7, 11) is 2.91. The van der Waals surface area contributed by atoms with Gasteiger partial charge in [0, 0.05) is 41.9 Å². The number of halogens is 1. The maximum absolute atomic E-state index is 13.0. The number of hydrogen-bond donors (Lipinski definition) is 1. The van der Waals surface area contributed by atoms with Crippen LogP contribution in [0, 0.1) is 5.82 Å². The number of ether oxygens (including phenoxy) is 1. The van der Waals surface area contributed by atoms with Crippen LogP contribution in [0.25, 0.3) is 0 Å². The third-order valence-corrected chi connectivity index (χ3v) is 7.64. The van der Waals surface area contributed by atoms with E-state index in [-0.39, 0.29) is 22.5 Å². The third-order valence-electron chi connectivity index (χ3n) is 4.78. The number of rotatable bonds is 8. The van der Waals surface area contributed by atoms with Crippen molar-refractivity contribution in [1.82, 2.24) is 9.88 Å². The topological polar surface area (TPSA) is 79.7 Å². The molecule has 1 N–H and O–H groups in total. The van der Waals surface area contributed by atoms with Crippen molar-refractivity contribution in [3.8, 4) is 11.6 Å². The number of nitrogens with zero attached hydrogens (tertiary/aromatic N) is 2. The molecule has 1 atom stereocenters. The molecule has 0 unspecified atom stereocenters. The van der Waals surface area contributed by atoms with Gasteiger partial charge in [0.15, 0.2) is 0 Å². The Balaban J connectivity index is 1.31. The van der Waals surface area contributed by atoms with E-state index in [0.717, 1.165) is 5.56 Å². The van der Waals surface area contributed by atoms with Gasteiger partial charge in [0.05, 0.1) is 5.56 Å². The highest BCUT2D eigenvalue weighted by Gasteiger charge is 2.30. The van der Waals surface area contributed by atoms with Crippen LogP contribution < -0.4 is 4.74 Å². The van der Waals surface area contributed by atoms with Crippen LogP contribution in [0.1, 0.15) is 22.3 Å². The van der Waals surface area contributed by atoms with Crippen molar-refractivity contribution in [3.63, 3.8) is 0 Å². The first-order valence-corrected chi connectivity index (χ1v) is 12.0. The van der Waals surface area contributed by atoms with Crippen LogP contribution >= 0.6 is 21.6 Å². The zero-order valence-corrected chi connectivity index (χ0v) is 18.4. The van der Waals surface area contributed by atoms with Crippen LogP contribution in [0.5, 0.6) is 11.6 Å². The molecule has 1 fully saturated rings. The molecule has 32 heavy (non-hydrogen) atoms. The fourth-order valence-corrected chi connectivity index (χ4v) is 5.81. The Morgan fingerprint density at radius 1 is 1.16 bits per heavy atom. The Morgan fingerprint density at radius 3 is 2.66 bits per heavy atom. The number of benzene rings is 2. The van der Waals surface area contributed by atoms with E-state index in [1.807, 2.05) is 6.07 Å². The van der Waals surface area contributed by atoms with Gasteiger partial charge in [-0.1, -0.05) is 39.8 Å². The van der Waals surface area contributed by atoms with E-state index < -0.39 is 5.97 Å². The predicted octanol–water partition coefficient (Wildman–Crippen LogP) is 5.25. The fraction of sp³-hybridized carbons (Fsp3) is 0.174. The second-order valence-corrected chi connectivity index (χ2v) is 9.68. The number of aromatic nitrogens is 1. The number of pyridine rings is 1. The smallest absolute Gasteiger partial charge is 0.336 e. The second kappa shape index (κ2) is 10.1. The lowest BCUT2D eigenvalue weighted by Crippen LogP contribution is -2.24. The number of carboxylic acids is 1. The summed E-state index contributed by atoms with van der Waals surface area (Å²) in [5.74, 6) is -0.367. The van der Waals surface area contributed by atoms with E-state index in [1.165, 1.54) is 45.9 Å². The number of likely N-dealkylation sites (tertiary alicyclic amines) is 1. The van der Waals surface area contributed by atoms with E-state index >= 15 is 0 Å². The molecular weight excluding hydrogens is 451 g/mol. The molecule has 0 spiro atoms. The largest absolute Gasteiger partial charge is 0.478 e. The average Bonchev–Trinajstić information content (AvgIpc) is 3.14. The lowest BCUT2D eigenvalue weighted by molar-refractivity contribution is -0.128. The molecule has 0 bridgehead atoms. The first-order chi connectivity index (χ1) is 15.5. The summed E-state index contributed by atoms with van der Waals surface area (Å²) in [5.41, 5.74) is 1.14. The number of aromatic carboxylic acids is 1. The minimum absolute atomic E-state index is 0.0567. The van der Waals surface area contributed by atoms with Crippen LogP contribution in [0.4, 0.5) is 4.39 Å². The van der Waals surface area contributed by atoms with Gasteiger partial charge in [-0.25, -0.2) is 14.2 Å². The average molecular weight is 471 g/mol. The molecule has 2 heterocycles. The molecule has 0 aliphatic carbocycles. The Morgan fingerprint density at radius 2 is 1.94 bits per heavy atom. The van der Waals surface area contributed by atoms with E-state index in [0.29, 0.717) is 36.0 Å². The quantitative estimate of drug-likeness (QED) is 0.450. The summed E-state index contributed by atoms with van der Waals surface area (Å²) >= 11 is 0. The Kier molecular flexibility index (Phi) is 6.96. The van der Waals surface area contributed by atoms with Gasteiger partial charge in [0.25, 0.3) is 0 Å². The van der Waals surface area contributed by atoms with Crippen LogP contribution in [-0.4, -0.2) is 38.7 Å². The molecule has 1 aliphatic rings. The minimum Gasteiger partial charge on any atom is -0.478 e. The monoisotopic (exact) mass is 470 g/mol. The SMILES string of the molecule is O=C(O)c1ccccc1SS[C@@H]1CC(=O)N(Cc2ccc(Oc3ccc(F)cc3)nc2)C1. The molecule has 1 aromatic heterocycles. The Hall–Kier alpha value is -3.04. The van der Waals surface area contributed by atoms with Gasteiger partial charge in [0.2, 0.25) is 11.8 Å². The number of amides is 1. The zero-order valence-electron chi connectivity index (χ0n) is 16.8. The molecule has 2 aromatic carbocycles. The van der Waals surface area contributed by atoms with E-state index in [9.17, 15) is 19.1 Å². The molecule has 1 aliphatic heterocycles. The highest BCUT2D eigenvalue weighted by atomic mass is 33.1. The van der Waals surface area contributed by atoms with Crippen molar-refractivity contribution in [3.05, 3.63) is 83.8 Å². The zero-order chi connectivity index (χ0) is 22.5. The number of hydrogen-bond acceptors (Lipinski definition) is 6. The van der Waals surface area contributed by atoms with E-state index in [2.05, 4.69) is 4.98 Å². The molecule has 164 valence electrons. The van der Waals surface area contributed by atoms with Crippen molar-refractivity contribution >= 4 is 33.5 Å². The number of carboxylic acid groups (broad SMARTS) is 1. The first kappa shape index (κ1) is 22.2. The molecule has 4 rings (SSSR count). The normalized spacial score (nSPS) is 15.7. The second-order valence-electron chi connectivity index (χ2n) is 7.14. The van der Waals surface area contributed by atoms with Gasteiger partial charge in [-0.2, -0.15) is 0 Å². The lowest BCUT2D eigenvalue weighted by atomic mass is 10.2. The minimum atomic E-state index is -0.961. The molecule has 0 radical (unpaired) electrons. The molecule has 9 heteroatoms. The summed E-state index contributed by atoms with van der Waals surface area (Å²) in [6.07, 6.45) is 2.07. The lowest BCUT2D eigenvalue weighted by Gasteiger charge is -2.16. The van der Waals surface area contributed by atoms with Crippen molar-refractivity contribution < 1.29 is 23.8 Å². The van der Waals surface area contributed by atoms with E-state index in [1.54, 1.807) is 41.4 Å². The molecule has 1 saturated heterocycles. The molecule has 6 nitrogen and oxygen atoms in total. The van der Waals surface area contributed by atoms with Crippen molar-refractivity contribution in [2.75, 3.05) is 6.54 Å². The Labute approximate surface area is 192 Å². The number of carbonyl (C=O) groups is 2. The van der Waals surface area contributed by atoms with Crippen LogP contribution in [0.15, 0.2) is 71.8 Å². The number of carbonyl (C=O) groups excluding carboxylic acids is 1. The highest BCUT2D eigenvalue weighted by Crippen LogP contribution is 2.40. The maximum atomic E-state index is 13.0. The summed E-state index contributed by atoms with van der Waals surface area (Å²) in [5, 5.41) is 9.38. The summed E-state index contributed by atoms with van der Waals surface area (Å²) in [6.45, 7) is 1.02. The van der Waals surface area contributed by atoms with Gasteiger partial charge >= 0.3 is 5.97 Å². The summed E-state index contributed by atoms with van der Waals surface area (Å²) in [6, 6.07) is 16.1. The first-order valence-electron chi connectivity index (χ1n) is 9.80. The molecule has 1 amide bonds. The van der Waals surface area contributed by atoms with Gasteiger partial charge in [-0.05, 0) is 42.0 Å². The van der Waals surface area contributed by atoms with Crippen LogP contribution in [0.3, 0.4) is 0 Å². The van der Waals surface area contributed by atoms with Crippen LogP contribution in [-0.2, 0) is 11.3 Å². The highest BCUT2D eigenvalue weighted by molar-refractivity contribution is 8.77. The predicted molar refractivity (Wildman–Crippen MR) is 121 cm³/mol. The van der Waals surface area contributed by atoms with Gasteiger partial charge in [-0.3, -0.25) is 4.79 Å². The Bertz CT molecular complexity index is 1110. The van der Waals surface area contributed by atoms with Gasteiger partial charge in [0.1, 0.15) is 11.6 Å². The molecule has 0 saturated carbocycles. The maximum Gasteiger partial charge on any atom is 0.336 e. The van der Waals surface area contributed by atoms with Crippen molar-refractivity contribution in [2.45, 2.75) is 23.1 Å². The van der Waals surface area contributed by atoms with Gasteiger partial charge < -0.3 is 14.7 Å². The van der Waals surface area contributed by atoms with Crippen molar-refractivity contribution in [1.29, 1.82) is 0 Å². The summed E-state index contributed by atoms with van der Waals surface area (Å²) in [4.78, 5) is 30.5. The van der Waals surface area contributed by atoms with Crippen molar-refractivity contribution in [2.24, 2.45) is 0 Å². The van der Waals surface area contributed by atoms with E-state index in [4.69, 9.17) is 4.74 Å². The third kappa shape index (κ3) is 5.60.